The van der Waals surface area contributed by atoms with Crippen LogP contribution in [-0.4, -0.2) is 92.3 Å². The third kappa shape index (κ3) is 9.98. The molecule has 0 saturated heterocycles. The lowest BCUT2D eigenvalue weighted by molar-refractivity contribution is -0.138. The SMILES string of the molecule is Cc1cc(OCCCC(=O)NCCN)cc(C)c1S(=O)(=O)N[C@@H](CNC(=O)c1ccc2c(cnn2CCNC2=NCCCC2)c1)C(=O)O. The maximum absolute atomic E-state index is 13.3. The Kier molecular flexibility index (Phi) is 12.9. The van der Waals surface area contributed by atoms with Crippen LogP contribution in [0.4, 0.5) is 0 Å². The number of hydrogen-bond donors (Lipinski definition) is 6. The van der Waals surface area contributed by atoms with Crippen LogP contribution >= 0.6 is 0 Å². The van der Waals surface area contributed by atoms with E-state index in [2.05, 4.69) is 30.8 Å². The minimum atomic E-state index is -4.31. The molecule has 0 saturated carbocycles. The number of carbonyl (C=O) groups excluding carboxylic acids is 2. The third-order valence-electron chi connectivity index (χ3n) is 7.73. The highest BCUT2D eigenvalue weighted by atomic mass is 32.2. The monoisotopic (exact) mass is 684 g/mol. The van der Waals surface area contributed by atoms with Gasteiger partial charge in [0.25, 0.3) is 5.91 Å². The molecule has 7 N–H and O–H groups in total. The molecule has 0 fully saturated rings. The van der Waals surface area contributed by atoms with Crippen molar-refractivity contribution < 1.29 is 32.6 Å². The summed E-state index contributed by atoms with van der Waals surface area (Å²) in [6.07, 6.45) is 5.56. The lowest BCUT2D eigenvalue weighted by Crippen LogP contribution is -2.48. The zero-order valence-corrected chi connectivity index (χ0v) is 28.1. The molecule has 1 aromatic heterocycles. The van der Waals surface area contributed by atoms with Gasteiger partial charge in [0.1, 0.15) is 11.8 Å². The number of fused-ring (bicyclic) bond motifs is 1. The fourth-order valence-corrected chi connectivity index (χ4v) is 7.06. The second-order valence-electron chi connectivity index (χ2n) is 11.6. The molecule has 0 aliphatic carbocycles. The highest BCUT2D eigenvalue weighted by Crippen LogP contribution is 2.26. The molecule has 0 bridgehead atoms. The van der Waals surface area contributed by atoms with Gasteiger partial charge in [0.2, 0.25) is 15.9 Å². The predicted molar refractivity (Wildman–Crippen MR) is 181 cm³/mol. The number of amidine groups is 1. The Labute approximate surface area is 279 Å². The van der Waals surface area contributed by atoms with Crippen LogP contribution < -0.4 is 31.1 Å². The van der Waals surface area contributed by atoms with Crippen LogP contribution in [0.5, 0.6) is 5.75 Å². The van der Waals surface area contributed by atoms with Gasteiger partial charge >= 0.3 is 5.97 Å². The van der Waals surface area contributed by atoms with Gasteiger partial charge in [-0.05, 0) is 74.6 Å². The van der Waals surface area contributed by atoms with Crippen molar-refractivity contribution in [3.05, 3.63) is 53.2 Å². The van der Waals surface area contributed by atoms with Crippen LogP contribution in [0.1, 0.15) is 53.6 Å². The molecule has 0 unspecified atom stereocenters. The molecule has 1 aliphatic heterocycles. The summed E-state index contributed by atoms with van der Waals surface area (Å²) in [5.41, 5.74) is 7.18. The van der Waals surface area contributed by atoms with Gasteiger partial charge in [0.05, 0.1) is 35.6 Å². The number of carboxylic acid groups (broad SMARTS) is 1. The van der Waals surface area contributed by atoms with Crippen LogP contribution in [0.15, 0.2) is 46.4 Å². The van der Waals surface area contributed by atoms with Crippen molar-refractivity contribution in [3.8, 4) is 5.75 Å². The van der Waals surface area contributed by atoms with Gasteiger partial charge in [-0.3, -0.25) is 24.1 Å². The number of benzene rings is 2. The Balaban J connectivity index is 1.33. The molecule has 1 atom stereocenters. The summed E-state index contributed by atoms with van der Waals surface area (Å²) in [6, 6.07) is 6.47. The molecule has 260 valence electrons. The number of hydrogen-bond acceptors (Lipinski definition) is 10. The quantitative estimate of drug-likeness (QED) is 0.112. The summed E-state index contributed by atoms with van der Waals surface area (Å²) < 4.78 is 36.4. The summed E-state index contributed by atoms with van der Waals surface area (Å²) >= 11 is 0. The van der Waals surface area contributed by atoms with E-state index in [1.54, 1.807) is 38.2 Å². The summed E-state index contributed by atoms with van der Waals surface area (Å²) in [7, 11) is -4.31. The number of nitrogens with one attached hydrogen (secondary N) is 4. The molecule has 2 aromatic carbocycles. The van der Waals surface area contributed by atoms with Gasteiger partial charge in [0, 0.05) is 56.5 Å². The van der Waals surface area contributed by atoms with Crippen molar-refractivity contribution in [2.24, 2.45) is 10.7 Å². The molecule has 3 aromatic rings. The topological polar surface area (TPSA) is 219 Å². The number of aliphatic imine (C=N–C) groups is 1. The summed E-state index contributed by atoms with van der Waals surface area (Å²) in [5, 5.41) is 23.5. The molecule has 16 heteroatoms. The average Bonchev–Trinajstić information content (AvgIpc) is 3.46. The van der Waals surface area contributed by atoms with E-state index in [-0.39, 0.29) is 29.4 Å². The van der Waals surface area contributed by atoms with E-state index in [9.17, 15) is 27.9 Å². The first kappa shape index (κ1) is 36.3. The first-order valence-electron chi connectivity index (χ1n) is 16.0. The van der Waals surface area contributed by atoms with E-state index in [1.807, 2.05) is 4.68 Å². The predicted octanol–water partition coefficient (Wildman–Crippen LogP) is 1.22. The molecule has 1 aliphatic rings. The molecular formula is C32H44N8O7S. The largest absolute Gasteiger partial charge is 0.494 e. The summed E-state index contributed by atoms with van der Waals surface area (Å²) in [4.78, 5) is 41.1. The fourth-order valence-electron chi connectivity index (χ4n) is 5.42. The van der Waals surface area contributed by atoms with Crippen molar-refractivity contribution >= 4 is 44.5 Å². The number of rotatable bonds is 17. The number of nitrogens with zero attached hydrogens (tertiary/aromatic N) is 3. The normalized spacial score (nSPS) is 13.9. The lowest BCUT2D eigenvalue weighted by Gasteiger charge is -2.19. The third-order valence-corrected chi connectivity index (χ3v) is 9.51. The first-order valence-corrected chi connectivity index (χ1v) is 17.4. The van der Waals surface area contributed by atoms with Crippen LogP contribution in [-0.2, 0) is 26.2 Å². The van der Waals surface area contributed by atoms with E-state index >= 15 is 0 Å². The standard InChI is InChI=1S/C32H44N8O7S/c1-21-16-25(47-15-5-7-29(41)36-12-10-33)17-22(2)30(21)48(45,46)39-26(32(43)44)20-37-31(42)23-8-9-27-24(18-23)19-38-40(27)14-13-35-28-6-3-4-11-34-28/h8-9,16-19,26,39H,3-7,10-15,20,33H2,1-2H3,(H,34,35)(H,36,41)(H,37,42)(H,43,44)/t26-/m0/s1. The Hall–Kier alpha value is -4.54. The number of sulfonamides is 1. The smallest absolute Gasteiger partial charge is 0.323 e. The minimum absolute atomic E-state index is 0.0852. The van der Waals surface area contributed by atoms with Crippen molar-refractivity contribution in [3.63, 3.8) is 0 Å². The zero-order valence-electron chi connectivity index (χ0n) is 27.3. The van der Waals surface area contributed by atoms with Crippen molar-refractivity contribution in [2.75, 3.05) is 39.3 Å². The van der Waals surface area contributed by atoms with Crippen molar-refractivity contribution in [1.82, 2.24) is 30.5 Å². The van der Waals surface area contributed by atoms with Gasteiger partial charge in [-0.2, -0.15) is 9.82 Å². The number of aliphatic carboxylic acids is 1. The summed E-state index contributed by atoms with van der Waals surface area (Å²) in [6.45, 7) is 5.78. The van der Waals surface area contributed by atoms with Gasteiger partial charge < -0.3 is 31.5 Å². The molecule has 0 radical (unpaired) electrons. The van der Waals surface area contributed by atoms with Crippen molar-refractivity contribution in [1.29, 1.82) is 0 Å². The second kappa shape index (κ2) is 17.0. The van der Waals surface area contributed by atoms with Crippen molar-refractivity contribution in [2.45, 2.75) is 63.4 Å². The van der Waals surface area contributed by atoms with E-state index in [0.717, 1.165) is 42.5 Å². The number of carboxylic acids is 1. The second-order valence-corrected chi connectivity index (χ2v) is 13.2. The van der Waals surface area contributed by atoms with E-state index in [4.69, 9.17) is 10.5 Å². The number of ether oxygens (including phenoxy) is 1. The van der Waals surface area contributed by atoms with E-state index in [0.29, 0.717) is 49.5 Å². The highest BCUT2D eigenvalue weighted by Gasteiger charge is 2.29. The minimum Gasteiger partial charge on any atom is -0.494 e. The van der Waals surface area contributed by atoms with Crippen LogP contribution in [0.2, 0.25) is 0 Å². The maximum atomic E-state index is 13.3. The Morgan fingerprint density at radius 3 is 2.54 bits per heavy atom. The average molecular weight is 685 g/mol. The number of nitrogens with two attached hydrogens (primary N) is 1. The Morgan fingerprint density at radius 1 is 1.08 bits per heavy atom. The molecule has 0 spiro atoms. The zero-order chi connectivity index (χ0) is 34.7. The number of aromatic nitrogens is 2. The van der Waals surface area contributed by atoms with E-state index in [1.165, 1.54) is 12.1 Å². The van der Waals surface area contributed by atoms with Crippen LogP contribution in [0, 0.1) is 13.8 Å². The van der Waals surface area contributed by atoms with Gasteiger partial charge in [-0.25, -0.2) is 8.42 Å². The van der Waals surface area contributed by atoms with Crippen LogP contribution in [0.3, 0.4) is 0 Å². The van der Waals surface area contributed by atoms with Crippen LogP contribution in [0.25, 0.3) is 10.9 Å². The lowest BCUT2D eigenvalue weighted by atomic mass is 10.1. The molecule has 48 heavy (non-hydrogen) atoms. The van der Waals surface area contributed by atoms with Gasteiger partial charge in [0.15, 0.2) is 0 Å². The van der Waals surface area contributed by atoms with Gasteiger partial charge in [-0.15, -0.1) is 0 Å². The van der Waals surface area contributed by atoms with Gasteiger partial charge in [-0.1, -0.05) is 0 Å². The fraction of sp³-hybridized carbons (Fsp3) is 0.469. The molecule has 15 nitrogen and oxygen atoms in total. The molecule has 2 amide bonds. The number of aryl methyl sites for hydroxylation is 2. The number of amides is 2. The number of carbonyl (C=O) groups is 3. The molecule has 4 rings (SSSR count). The Morgan fingerprint density at radius 2 is 1.85 bits per heavy atom. The summed E-state index contributed by atoms with van der Waals surface area (Å²) in [5.74, 6) is -0.707. The Bertz CT molecular complexity index is 1730. The van der Waals surface area contributed by atoms with E-state index < -0.39 is 34.5 Å². The molecular weight excluding hydrogens is 640 g/mol. The highest BCUT2D eigenvalue weighted by molar-refractivity contribution is 7.89. The maximum Gasteiger partial charge on any atom is 0.323 e. The molecule has 2 heterocycles. The first-order chi connectivity index (χ1) is 23.0.